The highest BCUT2D eigenvalue weighted by molar-refractivity contribution is 5.56. The Morgan fingerprint density at radius 3 is 2.70 bits per heavy atom. The van der Waals surface area contributed by atoms with Gasteiger partial charge >= 0.3 is 0 Å². The van der Waals surface area contributed by atoms with Crippen molar-refractivity contribution in [2.24, 2.45) is 0 Å². The molecule has 1 aliphatic rings. The van der Waals surface area contributed by atoms with E-state index >= 15 is 0 Å². The number of hydrogen-bond acceptors (Lipinski definition) is 4. The van der Waals surface area contributed by atoms with Crippen LogP contribution >= 0.6 is 0 Å². The van der Waals surface area contributed by atoms with Crippen LogP contribution in [-0.2, 0) is 0 Å². The van der Waals surface area contributed by atoms with Crippen LogP contribution in [0.2, 0.25) is 0 Å². The second-order valence-electron chi connectivity index (χ2n) is 6.12. The van der Waals surface area contributed by atoms with E-state index in [0.29, 0.717) is 11.5 Å². The molecule has 0 bridgehead atoms. The van der Waals surface area contributed by atoms with Crippen LogP contribution in [0, 0.1) is 25.2 Å². The van der Waals surface area contributed by atoms with Crippen LogP contribution in [0.25, 0.3) is 0 Å². The molecule has 1 N–H and O–H groups in total. The van der Waals surface area contributed by atoms with Gasteiger partial charge in [0.2, 0.25) is 5.56 Å². The number of hydrogen-bond donors (Lipinski definition) is 1. The molecule has 1 saturated heterocycles. The van der Waals surface area contributed by atoms with E-state index in [1.807, 2.05) is 26.0 Å². The fourth-order valence-electron chi connectivity index (χ4n) is 3.16. The van der Waals surface area contributed by atoms with Gasteiger partial charge in [0, 0.05) is 31.0 Å². The van der Waals surface area contributed by atoms with Crippen LogP contribution < -0.4 is 10.5 Å². The Hall–Kier alpha value is -2.61. The number of aromatic amines is 1. The molecule has 0 amide bonds. The fourth-order valence-corrected chi connectivity index (χ4v) is 3.16. The van der Waals surface area contributed by atoms with Crippen LogP contribution in [0.4, 0.5) is 5.82 Å². The molecule has 2 aromatic rings. The van der Waals surface area contributed by atoms with Crippen LogP contribution in [0.5, 0.6) is 0 Å². The Balaban J connectivity index is 1.78. The minimum Gasteiger partial charge on any atom is -0.355 e. The summed E-state index contributed by atoms with van der Waals surface area (Å²) in [5.41, 5.74) is 3.71. The normalized spacial score (nSPS) is 15.4. The van der Waals surface area contributed by atoms with E-state index < -0.39 is 0 Å². The van der Waals surface area contributed by atoms with Crippen molar-refractivity contribution in [1.82, 2.24) is 9.97 Å². The molecule has 3 heterocycles. The predicted molar refractivity (Wildman–Crippen MR) is 89.7 cm³/mol. The predicted octanol–water partition coefficient (Wildman–Crippen LogP) is 2.64. The number of H-pyrrole nitrogens is 1. The molecule has 3 rings (SSSR count). The maximum atomic E-state index is 11.5. The number of rotatable bonds is 2. The van der Waals surface area contributed by atoms with Crippen molar-refractivity contribution in [3.05, 3.63) is 57.1 Å². The molecule has 1 aliphatic heterocycles. The lowest BCUT2D eigenvalue weighted by atomic mass is 9.90. The molecule has 118 valence electrons. The molecule has 0 radical (unpaired) electrons. The monoisotopic (exact) mass is 308 g/mol. The lowest BCUT2D eigenvalue weighted by Crippen LogP contribution is -2.34. The highest BCUT2D eigenvalue weighted by Gasteiger charge is 2.23. The SMILES string of the molecule is Cc1cc(C#N)c(N2CCC(c3cc[nH]c(=O)c3)CC2)nc1C. The summed E-state index contributed by atoms with van der Waals surface area (Å²) in [5, 5.41) is 9.37. The zero-order valence-corrected chi connectivity index (χ0v) is 13.5. The third kappa shape index (κ3) is 3.11. The number of nitrogens with zero attached hydrogens (tertiary/aromatic N) is 3. The molecular formula is C18H20N4O. The van der Waals surface area contributed by atoms with Crippen molar-refractivity contribution in [1.29, 1.82) is 5.26 Å². The highest BCUT2D eigenvalue weighted by atomic mass is 16.1. The van der Waals surface area contributed by atoms with Gasteiger partial charge in [0.1, 0.15) is 11.9 Å². The smallest absolute Gasteiger partial charge is 0.248 e. The third-order valence-corrected chi connectivity index (χ3v) is 4.63. The maximum Gasteiger partial charge on any atom is 0.248 e. The van der Waals surface area contributed by atoms with Crippen molar-refractivity contribution in [3.63, 3.8) is 0 Å². The second kappa shape index (κ2) is 6.25. The Kier molecular flexibility index (Phi) is 4.16. The standard InChI is InChI=1S/C18H20N4O/c1-12-9-16(11-19)18(21-13(12)2)22-7-4-14(5-8-22)15-3-6-20-17(23)10-15/h3,6,9-10,14H,4-5,7-8H2,1-2H3,(H,20,23). The summed E-state index contributed by atoms with van der Waals surface area (Å²) >= 11 is 0. The Labute approximate surface area is 135 Å². The summed E-state index contributed by atoms with van der Waals surface area (Å²) in [6, 6.07) is 7.85. The molecule has 0 atom stereocenters. The van der Waals surface area contributed by atoms with Crippen LogP contribution in [0.1, 0.15) is 41.1 Å². The van der Waals surface area contributed by atoms with E-state index in [1.165, 1.54) is 0 Å². The van der Waals surface area contributed by atoms with E-state index in [1.54, 1.807) is 12.3 Å². The van der Waals surface area contributed by atoms with Crippen LogP contribution in [-0.4, -0.2) is 23.1 Å². The average Bonchev–Trinajstić information content (AvgIpc) is 2.57. The molecule has 0 aromatic carbocycles. The van der Waals surface area contributed by atoms with E-state index in [0.717, 1.165) is 48.6 Å². The van der Waals surface area contributed by atoms with E-state index in [-0.39, 0.29) is 5.56 Å². The van der Waals surface area contributed by atoms with Gasteiger partial charge in [-0.3, -0.25) is 4.79 Å². The van der Waals surface area contributed by atoms with Gasteiger partial charge in [0.15, 0.2) is 0 Å². The number of aromatic nitrogens is 2. The van der Waals surface area contributed by atoms with Crippen molar-refractivity contribution in [3.8, 4) is 6.07 Å². The highest BCUT2D eigenvalue weighted by Crippen LogP contribution is 2.30. The average molecular weight is 308 g/mol. The summed E-state index contributed by atoms with van der Waals surface area (Å²) in [5.74, 6) is 1.19. The minimum absolute atomic E-state index is 0.0486. The lowest BCUT2D eigenvalue weighted by Gasteiger charge is -2.33. The Bertz CT molecular complexity index is 811. The molecule has 0 spiro atoms. The number of pyridine rings is 2. The van der Waals surface area contributed by atoms with E-state index in [9.17, 15) is 10.1 Å². The zero-order chi connectivity index (χ0) is 16.4. The van der Waals surface area contributed by atoms with Gasteiger partial charge in [-0.1, -0.05) is 0 Å². The lowest BCUT2D eigenvalue weighted by molar-refractivity contribution is 0.501. The van der Waals surface area contributed by atoms with E-state index in [4.69, 9.17) is 0 Å². The Morgan fingerprint density at radius 2 is 2.04 bits per heavy atom. The summed E-state index contributed by atoms with van der Waals surface area (Å²) in [7, 11) is 0. The molecule has 0 aliphatic carbocycles. The van der Waals surface area contributed by atoms with Gasteiger partial charge in [-0.05, 0) is 55.9 Å². The van der Waals surface area contributed by atoms with Gasteiger partial charge in [-0.15, -0.1) is 0 Å². The first-order valence-electron chi connectivity index (χ1n) is 7.90. The molecule has 2 aromatic heterocycles. The van der Waals surface area contributed by atoms with Crippen molar-refractivity contribution in [2.45, 2.75) is 32.6 Å². The first kappa shape index (κ1) is 15.3. The molecule has 5 nitrogen and oxygen atoms in total. The first-order chi connectivity index (χ1) is 11.1. The summed E-state index contributed by atoms with van der Waals surface area (Å²) in [6.45, 7) is 5.65. The molecule has 0 saturated carbocycles. The van der Waals surface area contributed by atoms with Crippen molar-refractivity contribution < 1.29 is 0 Å². The number of nitriles is 1. The van der Waals surface area contributed by atoms with Gasteiger partial charge in [-0.2, -0.15) is 5.26 Å². The summed E-state index contributed by atoms with van der Waals surface area (Å²) in [4.78, 5) is 20.9. The summed E-state index contributed by atoms with van der Waals surface area (Å²) in [6.07, 6.45) is 3.63. The topological polar surface area (TPSA) is 72.8 Å². The fraction of sp³-hybridized carbons (Fsp3) is 0.389. The Morgan fingerprint density at radius 1 is 1.30 bits per heavy atom. The second-order valence-corrected chi connectivity index (χ2v) is 6.12. The van der Waals surface area contributed by atoms with Crippen molar-refractivity contribution in [2.75, 3.05) is 18.0 Å². The van der Waals surface area contributed by atoms with Crippen LogP contribution in [0.15, 0.2) is 29.2 Å². The number of aryl methyl sites for hydroxylation is 2. The van der Waals surface area contributed by atoms with Crippen LogP contribution in [0.3, 0.4) is 0 Å². The number of anilines is 1. The van der Waals surface area contributed by atoms with Gasteiger partial charge < -0.3 is 9.88 Å². The largest absolute Gasteiger partial charge is 0.355 e. The van der Waals surface area contributed by atoms with Gasteiger partial charge in [-0.25, -0.2) is 4.98 Å². The number of piperidine rings is 1. The van der Waals surface area contributed by atoms with E-state index in [2.05, 4.69) is 20.9 Å². The number of nitrogens with one attached hydrogen (secondary N) is 1. The van der Waals surface area contributed by atoms with Gasteiger partial charge in [0.25, 0.3) is 0 Å². The molecule has 23 heavy (non-hydrogen) atoms. The quantitative estimate of drug-likeness (QED) is 0.925. The zero-order valence-electron chi connectivity index (χ0n) is 13.5. The molecule has 0 unspecified atom stereocenters. The molecule has 1 fully saturated rings. The molecular weight excluding hydrogens is 288 g/mol. The minimum atomic E-state index is -0.0486. The van der Waals surface area contributed by atoms with Crippen molar-refractivity contribution >= 4 is 5.82 Å². The summed E-state index contributed by atoms with van der Waals surface area (Å²) < 4.78 is 0. The van der Waals surface area contributed by atoms with Gasteiger partial charge in [0.05, 0.1) is 5.56 Å². The molecule has 5 heteroatoms. The third-order valence-electron chi connectivity index (χ3n) is 4.63. The first-order valence-corrected chi connectivity index (χ1v) is 7.90. The maximum absolute atomic E-state index is 11.5.